The van der Waals surface area contributed by atoms with Crippen molar-refractivity contribution in [2.45, 2.75) is 18.8 Å². The summed E-state index contributed by atoms with van der Waals surface area (Å²) in [5.41, 5.74) is 0.171. The van der Waals surface area contributed by atoms with Gasteiger partial charge in [-0.1, -0.05) is 12.1 Å². The van der Waals surface area contributed by atoms with Crippen LogP contribution in [-0.2, 0) is 6.61 Å². The maximum Gasteiger partial charge on any atom is 0.287 e. The van der Waals surface area contributed by atoms with Crippen molar-refractivity contribution < 1.29 is 33.8 Å². The number of amides is 1. The van der Waals surface area contributed by atoms with E-state index in [1.165, 1.54) is 37.4 Å². The molecule has 1 amide bonds. The zero-order valence-electron chi connectivity index (χ0n) is 17.1. The standard InChI is InChI=1S/C22H22N2O8/c1-30-18-4-2-3-5-19(18)31-13-16-10-11-20(32-16)22(27)23-17(12-25)21(26)14-6-8-15(9-7-14)24(28)29/h2-11,17,21,25-26H,12-13H2,1H3,(H,23,27). The number of carbonyl (C=O) groups excluding carboxylic acids is 1. The second-order valence-electron chi connectivity index (χ2n) is 6.76. The van der Waals surface area contributed by atoms with Crippen LogP contribution in [0.25, 0.3) is 0 Å². The van der Waals surface area contributed by atoms with Crippen LogP contribution in [-0.4, -0.2) is 40.8 Å². The molecular formula is C22H22N2O8. The molecule has 0 saturated carbocycles. The van der Waals surface area contributed by atoms with Gasteiger partial charge in [0.25, 0.3) is 11.6 Å². The van der Waals surface area contributed by atoms with Gasteiger partial charge in [-0.25, -0.2) is 0 Å². The molecule has 168 valence electrons. The first-order chi connectivity index (χ1) is 15.4. The number of carbonyl (C=O) groups is 1. The fourth-order valence-electron chi connectivity index (χ4n) is 2.95. The van der Waals surface area contributed by atoms with Crippen molar-refractivity contribution in [3.63, 3.8) is 0 Å². The molecule has 0 aliphatic rings. The maximum atomic E-state index is 12.5. The fraction of sp³-hybridized carbons (Fsp3) is 0.227. The van der Waals surface area contributed by atoms with Gasteiger partial charge in [0.05, 0.1) is 24.7 Å². The van der Waals surface area contributed by atoms with Crippen molar-refractivity contribution in [2.24, 2.45) is 0 Å². The second-order valence-corrected chi connectivity index (χ2v) is 6.76. The van der Waals surface area contributed by atoms with Gasteiger partial charge in [-0.05, 0) is 42.0 Å². The largest absolute Gasteiger partial charge is 0.493 e. The number of nitrogens with zero attached hydrogens (tertiary/aromatic N) is 1. The number of furan rings is 1. The highest BCUT2D eigenvalue weighted by Gasteiger charge is 2.24. The molecule has 2 aromatic carbocycles. The summed E-state index contributed by atoms with van der Waals surface area (Å²) < 4.78 is 16.4. The molecular weight excluding hydrogens is 420 g/mol. The summed E-state index contributed by atoms with van der Waals surface area (Å²) in [5, 5.41) is 33.3. The van der Waals surface area contributed by atoms with Gasteiger partial charge in [0.15, 0.2) is 17.3 Å². The normalized spacial score (nSPS) is 12.6. The van der Waals surface area contributed by atoms with E-state index in [-0.39, 0.29) is 18.1 Å². The van der Waals surface area contributed by atoms with Gasteiger partial charge in [0, 0.05) is 12.1 Å². The van der Waals surface area contributed by atoms with Crippen LogP contribution in [0.3, 0.4) is 0 Å². The highest BCUT2D eigenvalue weighted by Crippen LogP contribution is 2.27. The minimum Gasteiger partial charge on any atom is -0.493 e. The van der Waals surface area contributed by atoms with Gasteiger partial charge in [0.2, 0.25) is 0 Å². The molecule has 0 spiro atoms. The second kappa shape index (κ2) is 10.4. The first kappa shape index (κ1) is 22.8. The van der Waals surface area contributed by atoms with Crippen molar-refractivity contribution in [2.75, 3.05) is 13.7 Å². The zero-order valence-corrected chi connectivity index (χ0v) is 17.1. The Kier molecular flexibility index (Phi) is 7.42. The number of ether oxygens (including phenoxy) is 2. The van der Waals surface area contributed by atoms with E-state index in [1.807, 2.05) is 6.07 Å². The molecule has 3 aromatic rings. The Morgan fingerprint density at radius 3 is 2.44 bits per heavy atom. The van der Waals surface area contributed by atoms with Crippen molar-refractivity contribution in [1.29, 1.82) is 0 Å². The summed E-state index contributed by atoms with van der Waals surface area (Å²) in [6.07, 6.45) is -1.28. The molecule has 1 heterocycles. The Bertz CT molecular complexity index is 1060. The van der Waals surface area contributed by atoms with Crippen molar-refractivity contribution in [3.05, 3.63) is 87.9 Å². The lowest BCUT2D eigenvalue weighted by Gasteiger charge is -2.22. The molecule has 2 unspecified atom stereocenters. The van der Waals surface area contributed by atoms with E-state index in [0.29, 0.717) is 22.8 Å². The highest BCUT2D eigenvalue weighted by molar-refractivity contribution is 5.91. The zero-order chi connectivity index (χ0) is 23.1. The number of nitro groups is 1. The predicted molar refractivity (Wildman–Crippen MR) is 112 cm³/mol. The first-order valence-electron chi connectivity index (χ1n) is 9.61. The molecule has 0 radical (unpaired) electrons. The van der Waals surface area contributed by atoms with E-state index in [2.05, 4.69) is 5.32 Å². The van der Waals surface area contributed by atoms with Gasteiger partial charge in [-0.2, -0.15) is 0 Å². The van der Waals surface area contributed by atoms with E-state index in [9.17, 15) is 25.1 Å². The van der Waals surface area contributed by atoms with Crippen LogP contribution in [0.2, 0.25) is 0 Å². The van der Waals surface area contributed by atoms with Gasteiger partial charge >= 0.3 is 0 Å². The number of non-ortho nitro benzene ring substituents is 1. The number of hydrogen-bond donors (Lipinski definition) is 3. The number of nitro benzene ring substituents is 1. The smallest absolute Gasteiger partial charge is 0.287 e. The van der Waals surface area contributed by atoms with Crippen LogP contribution in [0.4, 0.5) is 5.69 Å². The summed E-state index contributed by atoms with van der Waals surface area (Å²) in [4.78, 5) is 22.7. The SMILES string of the molecule is COc1ccccc1OCc1ccc(C(=O)NC(CO)C(O)c2ccc([N+](=O)[O-])cc2)o1. The number of rotatable bonds is 10. The first-order valence-corrected chi connectivity index (χ1v) is 9.61. The molecule has 3 N–H and O–H groups in total. The van der Waals surface area contributed by atoms with Crippen LogP contribution in [0.5, 0.6) is 11.5 Å². The average molecular weight is 442 g/mol. The molecule has 3 rings (SSSR count). The summed E-state index contributed by atoms with van der Waals surface area (Å²) in [5.74, 6) is 0.788. The minimum atomic E-state index is -1.28. The topological polar surface area (TPSA) is 144 Å². The molecule has 32 heavy (non-hydrogen) atoms. The van der Waals surface area contributed by atoms with Crippen molar-refractivity contribution >= 4 is 11.6 Å². The number of aliphatic hydroxyl groups is 2. The number of aliphatic hydroxyl groups excluding tert-OH is 2. The summed E-state index contributed by atoms with van der Waals surface area (Å²) >= 11 is 0. The summed E-state index contributed by atoms with van der Waals surface area (Å²) in [6.45, 7) is -0.503. The maximum absolute atomic E-state index is 12.5. The van der Waals surface area contributed by atoms with E-state index >= 15 is 0 Å². The van der Waals surface area contributed by atoms with Crippen molar-refractivity contribution in [3.8, 4) is 11.5 Å². The molecule has 1 aromatic heterocycles. The Hall–Kier alpha value is -3.89. The summed E-state index contributed by atoms with van der Waals surface area (Å²) in [7, 11) is 1.53. The van der Waals surface area contributed by atoms with Gasteiger partial charge < -0.3 is 29.4 Å². The van der Waals surface area contributed by atoms with Crippen LogP contribution in [0.1, 0.15) is 28.0 Å². The van der Waals surface area contributed by atoms with Gasteiger partial charge in [-0.15, -0.1) is 0 Å². The lowest BCUT2D eigenvalue weighted by atomic mass is 10.0. The molecule has 0 bridgehead atoms. The molecule has 2 atom stereocenters. The molecule has 0 saturated heterocycles. The molecule has 0 fully saturated rings. The predicted octanol–water partition coefficient (Wildman–Crippen LogP) is 2.60. The van der Waals surface area contributed by atoms with Crippen LogP contribution >= 0.6 is 0 Å². The minimum absolute atomic E-state index is 0.0297. The quantitative estimate of drug-likeness (QED) is 0.321. The lowest BCUT2D eigenvalue weighted by molar-refractivity contribution is -0.384. The number of benzene rings is 2. The Morgan fingerprint density at radius 1 is 1.12 bits per heavy atom. The van der Waals surface area contributed by atoms with Crippen LogP contribution in [0.15, 0.2) is 65.1 Å². The number of nitrogens with one attached hydrogen (secondary N) is 1. The molecule has 0 aliphatic carbocycles. The highest BCUT2D eigenvalue weighted by atomic mass is 16.6. The van der Waals surface area contributed by atoms with Crippen LogP contribution < -0.4 is 14.8 Å². The van der Waals surface area contributed by atoms with Crippen molar-refractivity contribution in [1.82, 2.24) is 5.32 Å². The van der Waals surface area contributed by atoms with E-state index in [1.54, 1.807) is 24.3 Å². The lowest BCUT2D eigenvalue weighted by Crippen LogP contribution is -2.41. The Balaban J connectivity index is 1.61. The molecule has 10 heteroatoms. The average Bonchev–Trinajstić information content (AvgIpc) is 3.30. The monoisotopic (exact) mass is 442 g/mol. The van der Waals surface area contributed by atoms with E-state index < -0.39 is 29.6 Å². The number of para-hydroxylation sites is 2. The molecule has 0 aliphatic heterocycles. The third-order valence-electron chi connectivity index (χ3n) is 4.66. The Morgan fingerprint density at radius 2 is 1.81 bits per heavy atom. The molecule has 10 nitrogen and oxygen atoms in total. The number of hydrogen-bond acceptors (Lipinski definition) is 8. The van der Waals surface area contributed by atoms with Gasteiger partial charge in [-0.3, -0.25) is 14.9 Å². The van der Waals surface area contributed by atoms with Gasteiger partial charge in [0.1, 0.15) is 18.5 Å². The number of methoxy groups -OCH3 is 1. The van der Waals surface area contributed by atoms with E-state index in [4.69, 9.17) is 13.9 Å². The third kappa shape index (κ3) is 5.42. The fourth-order valence-corrected chi connectivity index (χ4v) is 2.95. The third-order valence-corrected chi connectivity index (χ3v) is 4.66. The summed E-state index contributed by atoms with van der Waals surface area (Å²) in [6, 6.07) is 14.2. The van der Waals surface area contributed by atoms with E-state index in [0.717, 1.165) is 0 Å². The van der Waals surface area contributed by atoms with Crippen LogP contribution in [0, 0.1) is 10.1 Å². The Labute approximate surface area is 183 Å².